The number of fused-ring (bicyclic) bond motifs is 1. The number of piperidine rings is 1. The van der Waals surface area contributed by atoms with Crippen LogP contribution < -0.4 is 14.8 Å². The Morgan fingerprint density at radius 2 is 1.86 bits per heavy atom. The number of hydrogen-bond donors (Lipinski definition) is 2. The van der Waals surface area contributed by atoms with Gasteiger partial charge in [0.2, 0.25) is 6.79 Å². The first-order valence-corrected chi connectivity index (χ1v) is 9.99. The highest BCUT2D eigenvalue weighted by molar-refractivity contribution is 6.00. The number of ketones is 1. The van der Waals surface area contributed by atoms with Crippen LogP contribution in [0.3, 0.4) is 0 Å². The second-order valence-electron chi connectivity index (χ2n) is 8.61. The van der Waals surface area contributed by atoms with Crippen LogP contribution in [0.5, 0.6) is 11.5 Å². The fourth-order valence-corrected chi connectivity index (χ4v) is 3.58. The summed E-state index contributed by atoms with van der Waals surface area (Å²) in [5.41, 5.74) is 0.473. The highest BCUT2D eigenvalue weighted by Crippen LogP contribution is 2.37. The molecule has 0 saturated carbocycles. The van der Waals surface area contributed by atoms with E-state index < -0.39 is 11.8 Å². The molecule has 2 aliphatic heterocycles. The van der Waals surface area contributed by atoms with Crippen molar-refractivity contribution in [3.05, 3.63) is 17.7 Å². The zero-order valence-corrected chi connectivity index (χ0v) is 17.5. The number of amides is 1. The molecule has 8 nitrogen and oxygen atoms in total. The van der Waals surface area contributed by atoms with Gasteiger partial charge in [0, 0.05) is 24.7 Å². The lowest BCUT2D eigenvalue weighted by molar-refractivity contribution is 0.0166. The minimum Gasteiger partial charge on any atom is -0.454 e. The van der Waals surface area contributed by atoms with Crippen molar-refractivity contribution in [2.75, 3.05) is 25.2 Å². The van der Waals surface area contributed by atoms with E-state index in [2.05, 4.69) is 5.32 Å². The monoisotopic (exact) mass is 406 g/mol. The minimum absolute atomic E-state index is 0.120. The number of carbonyl (C=O) groups excluding carboxylic acids is 2. The Labute approximate surface area is 171 Å². The summed E-state index contributed by atoms with van der Waals surface area (Å²) in [6.45, 7) is 8.36. The number of ether oxygens (including phenoxy) is 3. The molecule has 2 N–H and O–H groups in total. The molecule has 0 bridgehead atoms. The van der Waals surface area contributed by atoms with E-state index in [1.54, 1.807) is 17.0 Å². The van der Waals surface area contributed by atoms with Gasteiger partial charge in [0.15, 0.2) is 17.3 Å². The predicted octanol–water partition coefficient (Wildman–Crippen LogP) is 3.39. The fourth-order valence-electron chi connectivity index (χ4n) is 3.58. The van der Waals surface area contributed by atoms with Gasteiger partial charge < -0.3 is 29.5 Å². The van der Waals surface area contributed by atoms with Gasteiger partial charge in [-0.3, -0.25) is 4.79 Å². The number of carbonyl (C=O) groups is 2. The van der Waals surface area contributed by atoms with Gasteiger partial charge in [-0.1, -0.05) is 0 Å². The number of benzene rings is 1. The average Bonchev–Trinajstić information content (AvgIpc) is 3.07. The topological polar surface area (TPSA) is 97.3 Å². The molecule has 2 aliphatic rings. The third-order valence-electron chi connectivity index (χ3n) is 5.04. The normalized spacial score (nSPS) is 17.8. The molecule has 0 aromatic heterocycles. The Bertz CT molecular complexity index is 765. The maximum atomic E-state index is 12.2. The summed E-state index contributed by atoms with van der Waals surface area (Å²) in [6.07, 6.45) is 0.998. The van der Waals surface area contributed by atoms with Gasteiger partial charge in [-0.05, 0) is 58.9 Å². The van der Waals surface area contributed by atoms with Crippen LogP contribution in [0.1, 0.15) is 57.3 Å². The lowest BCUT2D eigenvalue weighted by Crippen LogP contribution is -2.42. The van der Waals surface area contributed by atoms with Gasteiger partial charge in [-0.2, -0.15) is 0 Å². The number of likely N-dealkylation sites (tertiary alicyclic amines) is 1. The number of nitrogens with zero attached hydrogens (tertiary/aromatic N) is 1. The Kier molecular flexibility index (Phi) is 6.21. The van der Waals surface area contributed by atoms with Gasteiger partial charge in [-0.25, -0.2) is 4.79 Å². The summed E-state index contributed by atoms with van der Waals surface area (Å²) in [4.78, 5) is 25.9. The SMILES string of the molecule is CC(=O)c1cc2c(cc1NC(O)CC1CCN(C(=O)OC(C)(C)C)CC1)OCO2. The van der Waals surface area contributed by atoms with Gasteiger partial charge >= 0.3 is 6.09 Å². The number of aliphatic hydroxyl groups excluding tert-OH is 1. The molecule has 1 aromatic rings. The first kappa shape index (κ1) is 21.2. The summed E-state index contributed by atoms with van der Waals surface area (Å²) in [6, 6.07) is 3.33. The van der Waals surface area contributed by atoms with E-state index in [1.165, 1.54) is 6.92 Å². The molecule has 29 heavy (non-hydrogen) atoms. The van der Waals surface area contributed by atoms with E-state index in [0.29, 0.717) is 42.3 Å². The molecule has 160 valence electrons. The number of nitrogens with one attached hydrogen (secondary N) is 1. The van der Waals surface area contributed by atoms with Crippen LogP contribution in [-0.2, 0) is 4.74 Å². The maximum absolute atomic E-state index is 12.2. The van der Waals surface area contributed by atoms with E-state index in [9.17, 15) is 14.7 Å². The molecule has 2 heterocycles. The lowest BCUT2D eigenvalue weighted by atomic mass is 9.93. The maximum Gasteiger partial charge on any atom is 0.410 e. The minimum atomic E-state index is -0.813. The first-order chi connectivity index (χ1) is 13.6. The largest absolute Gasteiger partial charge is 0.454 e. The summed E-state index contributed by atoms with van der Waals surface area (Å²) in [7, 11) is 0. The summed E-state index contributed by atoms with van der Waals surface area (Å²) in [5, 5.41) is 13.6. The predicted molar refractivity (Wildman–Crippen MR) is 107 cm³/mol. The molecule has 1 unspecified atom stereocenters. The zero-order chi connectivity index (χ0) is 21.2. The third kappa shape index (κ3) is 5.53. The highest BCUT2D eigenvalue weighted by atomic mass is 16.7. The molecule has 3 rings (SSSR count). The second kappa shape index (κ2) is 8.49. The number of hydrogen-bond acceptors (Lipinski definition) is 7. The van der Waals surface area contributed by atoms with E-state index in [4.69, 9.17) is 14.2 Å². The van der Waals surface area contributed by atoms with Gasteiger partial charge in [0.1, 0.15) is 11.8 Å². The number of Topliss-reactive ketones (excluding diaryl/α,β-unsaturated/α-hetero) is 1. The molecule has 0 spiro atoms. The van der Waals surface area contributed by atoms with E-state index in [0.717, 1.165) is 12.8 Å². The van der Waals surface area contributed by atoms with Crippen molar-refractivity contribution >= 4 is 17.6 Å². The highest BCUT2D eigenvalue weighted by Gasteiger charge is 2.28. The van der Waals surface area contributed by atoms with Crippen LogP contribution in [0.2, 0.25) is 0 Å². The molecule has 1 saturated heterocycles. The van der Waals surface area contributed by atoms with Gasteiger partial charge in [-0.15, -0.1) is 0 Å². The van der Waals surface area contributed by atoms with Crippen molar-refractivity contribution in [1.29, 1.82) is 0 Å². The molecule has 1 amide bonds. The van der Waals surface area contributed by atoms with E-state index >= 15 is 0 Å². The van der Waals surface area contributed by atoms with Crippen LogP contribution in [-0.4, -0.2) is 53.6 Å². The molecule has 1 atom stereocenters. The zero-order valence-electron chi connectivity index (χ0n) is 17.5. The fraction of sp³-hybridized carbons (Fsp3) is 0.619. The van der Waals surface area contributed by atoms with Crippen molar-refractivity contribution in [1.82, 2.24) is 4.90 Å². The Hall–Kier alpha value is -2.48. The Morgan fingerprint density at radius 3 is 2.45 bits per heavy atom. The van der Waals surface area contributed by atoms with Gasteiger partial charge in [0.25, 0.3) is 0 Å². The molecular formula is C21H30N2O6. The van der Waals surface area contributed by atoms with Crippen LogP contribution >= 0.6 is 0 Å². The van der Waals surface area contributed by atoms with Crippen molar-refractivity contribution in [2.45, 2.75) is 58.8 Å². The van der Waals surface area contributed by atoms with Crippen LogP contribution in [0, 0.1) is 5.92 Å². The van der Waals surface area contributed by atoms with E-state index in [-0.39, 0.29) is 24.6 Å². The smallest absolute Gasteiger partial charge is 0.410 e. The summed E-state index contributed by atoms with van der Waals surface area (Å²) in [5.74, 6) is 1.23. The van der Waals surface area contributed by atoms with Gasteiger partial charge in [0.05, 0.1) is 5.69 Å². The quantitative estimate of drug-likeness (QED) is 0.571. The third-order valence-corrected chi connectivity index (χ3v) is 5.04. The molecule has 1 fully saturated rings. The lowest BCUT2D eigenvalue weighted by Gasteiger charge is -2.34. The number of anilines is 1. The Balaban J connectivity index is 1.54. The van der Waals surface area contributed by atoms with E-state index in [1.807, 2.05) is 20.8 Å². The molecule has 0 radical (unpaired) electrons. The van der Waals surface area contributed by atoms with Crippen molar-refractivity contribution in [3.8, 4) is 11.5 Å². The molecular weight excluding hydrogens is 376 g/mol. The molecule has 1 aromatic carbocycles. The summed E-state index contributed by atoms with van der Waals surface area (Å²) >= 11 is 0. The van der Waals surface area contributed by atoms with Crippen molar-refractivity contribution < 1.29 is 28.9 Å². The Morgan fingerprint density at radius 1 is 1.24 bits per heavy atom. The van der Waals surface area contributed by atoms with Crippen LogP contribution in [0.25, 0.3) is 0 Å². The molecule has 0 aliphatic carbocycles. The number of rotatable bonds is 5. The van der Waals surface area contributed by atoms with Crippen molar-refractivity contribution in [2.24, 2.45) is 5.92 Å². The molecule has 8 heteroatoms. The summed E-state index contributed by atoms with van der Waals surface area (Å²) < 4.78 is 16.1. The second-order valence-corrected chi connectivity index (χ2v) is 8.61. The van der Waals surface area contributed by atoms with Crippen molar-refractivity contribution in [3.63, 3.8) is 0 Å². The first-order valence-electron chi connectivity index (χ1n) is 9.99. The van der Waals surface area contributed by atoms with Crippen LogP contribution in [0.15, 0.2) is 12.1 Å². The van der Waals surface area contributed by atoms with Crippen LogP contribution in [0.4, 0.5) is 10.5 Å². The standard InChI is InChI=1S/C21H30N2O6/c1-13(24)15-10-17-18(28-12-27-17)11-16(15)22-19(25)9-14-5-7-23(8-6-14)20(26)29-21(2,3)4/h10-11,14,19,22,25H,5-9,12H2,1-4H3. The average molecular weight is 406 g/mol. The number of aliphatic hydroxyl groups is 1.